The first-order chi connectivity index (χ1) is 15.4. The molecule has 0 spiro atoms. The number of rotatable bonds is 7. The van der Waals surface area contributed by atoms with E-state index in [0.29, 0.717) is 42.4 Å². The number of anilines is 1. The second-order valence-corrected chi connectivity index (χ2v) is 9.60. The lowest BCUT2D eigenvalue weighted by molar-refractivity contribution is -0.116. The molecule has 1 saturated heterocycles. The summed E-state index contributed by atoms with van der Waals surface area (Å²) in [4.78, 5) is 16.7. The molecule has 9 heteroatoms. The Morgan fingerprint density at radius 1 is 1.03 bits per heavy atom. The molecular weight excluding hydrogens is 433 g/mol. The van der Waals surface area contributed by atoms with Crippen molar-refractivity contribution in [1.29, 1.82) is 0 Å². The molecular formula is C23H24FN3O4S. The van der Waals surface area contributed by atoms with Gasteiger partial charge < -0.3 is 9.73 Å². The van der Waals surface area contributed by atoms with Crippen molar-refractivity contribution < 1.29 is 22.0 Å². The zero-order valence-electron chi connectivity index (χ0n) is 17.5. The first kappa shape index (κ1) is 22.2. The monoisotopic (exact) mass is 457 g/mol. The van der Waals surface area contributed by atoms with Crippen molar-refractivity contribution in [3.8, 4) is 11.3 Å². The van der Waals surface area contributed by atoms with Gasteiger partial charge in [-0.2, -0.15) is 4.31 Å². The Hall–Kier alpha value is -3.04. The van der Waals surface area contributed by atoms with Gasteiger partial charge in [-0.3, -0.25) is 4.79 Å². The van der Waals surface area contributed by atoms with Crippen molar-refractivity contribution in [1.82, 2.24) is 9.29 Å². The molecule has 2 heterocycles. The first-order valence-corrected chi connectivity index (χ1v) is 12.0. The molecule has 1 N–H and O–H groups in total. The van der Waals surface area contributed by atoms with Crippen LogP contribution in [0.2, 0.25) is 0 Å². The SMILES string of the molecule is O=C(CCc1ncc(-c2ccc(F)cc2)o1)Nc1ccc(S(=O)(=O)N2CCCCC2)cc1. The molecule has 7 nitrogen and oxygen atoms in total. The summed E-state index contributed by atoms with van der Waals surface area (Å²) in [6.07, 6.45) is 4.80. The van der Waals surface area contributed by atoms with E-state index in [4.69, 9.17) is 4.42 Å². The van der Waals surface area contributed by atoms with Crippen molar-refractivity contribution in [3.63, 3.8) is 0 Å². The van der Waals surface area contributed by atoms with Gasteiger partial charge in [-0.15, -0.1) is 0 Å². The van der Waals surface area contributed by atoms with Crippen LogP contribution in [0.25, 0.3) is 11.3 Å². The second kappa shape index (κ2) is 9.62. The number of aromatic nitrogens is 1. The van der Waals surface area contributed by atoms with Crippen molar-refractivity contribution in [2.45, 2.75) is 37.0 Å². The Labute approximate surface area is 186 Å². The van der Waals surface area contributed by atoms with Crippen LogP contribution in [0, 0.1) is 5.82 Å². The number of benzene rings is 2. The van der Waals surface area contributed by atoms with Crippen LogP contribution in [0.1, 0.15) is 31.6 Å². The summed E-state index contributed by atoms with van der Waals surface area (Å²) in [5.74, 6) is 0.341. The minimum atomic E-state index is -3.50. The molecule has 0 unspecified atom stereocenters. The highest BCUT2D eigenvalue weighted by molar-refractivity contribution is 7.89. The lowest BCUT2D eigenvalue weighted by Gasteiger charge is -2.25. The summed E-state index contributed by atoms with van der Waals surface area (Å²) < 4.78 is 45.6. The Morgan fingerprint density at radius 3 is 2.41 bits per heavy atom. The molecule has 0 bridgehead atoms. The average Bonchev–Trinajstić information content (AvgIpc) is 3.28. The normalized spacial score (nSPS) is 14.9. The highest BCUT2D eigenvalue weighted by Crippen LogP contribution is 2.23. The van der Waals surface area contributed by atoms with Crippen LogP contribution in [-0.2, 0) is 21.2 Å². The van der Waals surface area contributed by atoms with Gasteiger partial charge in [0.2, 0.25) is 15.9 Å². The van der Waals surface area contributed by atoms with Gasteiger partial charge in [-0.25, -0.2) is 17.8 Å². The Morgan fingerprint density at radius 2 is 1.72 bits per heavy atom. The number of hydrogen-bond acceptors (Lipinski definition) is 5. The maximum absolute atomic E-state index is 13.0. The molecule has 1 amide bonds. The van der Waals surface area contributed by atoms with Gasteiger partial charge in [0, 0.05) is 37.2 Å². The van der Waals surface area contributed by atoms with Gasteiger partial charge >= 0.3 is 0 Å². The number of sulfonamides is 1. The molecule has 1 aliphatic rings. The predicted molar refractivity (Wildman–Crippen MR) is 118 cm³/mol. The van der Waals surface area contributed by atoms with E-state index in [-0.39, 0.29) is 23.0 Å². The molecule has 2 aromatic carbocycles. The zero-order chi connectivity index (χ0) is 22.6. The highest BCUT2D eigenvalue weighted by Gasteiger charge is 2.25. The fourth-order valence-corrected chi connectivity index (χ4v) is 5.10. The van der Waals surface area contributed by atoms with Crippen LogP contribution in [0.15, 0.2) is 64.0 Å². The Bertz CT molecular complexity index is 1170. The minimum Gasteiger partial charge on any atom is -0.441 e. The molecule has 3 aromatic rings. The fourth-order valence-electron chi connectivity index (χ4n) is 3.58. The summed E-state index contributed by atoms with van der Waals surface area (Å²) in [5.41, 5.74) is 1.22. The van der Waals surface area contributed by atoms with Crippen LogP contribution >= 0.6 is 0 Å². The van der Waals surface area contributed by atoms with Crippen molar-refractivity contribution in [3.05, 3.63) is 66.4 Å². The smallest absolute Gasteiger partial charge is 0.243 e. The quantitative estimate of drug-likeness (QED) is 0.573. The average molecular weight is 458 g/mol. The summed E-state index contributed by atoms with van der Waals surface area (Å²) >= 11 is 0. The van der Waals surface area contributed by atoms with Gasteiger partial charge in [0.15, 0.2) is 11.7 Å². The molecule has 0 radical (unpaired) electrons. The van der Waals surface area contributed by atoms with E-state index < -0.39 is 10.0 Å². The number of oxazole rings is 1. The third-order valence-electron chi connectivity index (χ3n) is 5.34. The van der Waals surface area contributed by atoms with E-state index in [0.717, 1.165) is 19.3 Å². The number of hydrogen-bond donors (Lipinski definition) is 1. The molecule has 4 rings (SSSR count). The standard InChI is InChI=1S/C23H24FN3O4S/c24-18-6-4-17(5-7-18)21-16-25-23(31-21)13-12-22(28)26-19-8-10-20(11-9-19)32(29,30)27-14-2-1-3-15-27/h4-11,16H,1-3,12-15H2,(H,26,28). The van der Waals surface area contributed by atoms with Crippen LogP contribution < -0.4 is 5.32 Å². The molecule has 0 aliphatic carbocycles. The highest BCUT2D eigenvalue weighted by atomic mass is 32.2. The Kier molecular flexibility index (Phi) is 6.66. The number of nitrogens with one attached hydrogen (secondary N) is 1. The molecule has 1 aromatic heterocycles. The van der Waals surface area contributed by atoms with Crippen LogP contribution in [0.4, 0.5) is 10.1 Å². The summed E-state index contributed by atoms with van der Waals surface area (Å²) in [7, 11) is -3.50. The van der Waals surface area contributed by atoms with Crippen LogP contribution in [0.5, 0.6) is 0 Å². The number of carbonyl (C=O) groups is 1. The second-order valence-electron chi connectivity index (χ2n) is 7.66. The van der Waals surface area contributed by atoms with E-state index in [1.54, 1.807) is 30.5 Å². The molecule has 168 valence electrons. The van der Waals surface area contributed by atoms with E-state index in [1.165, 1.54) is 28.6 Å². The van der Waals surface area contributed by atoms with Gasteiger partial charge in [0.25, 0.3) is 0 Å². The number of piperidine rings is 1. The third-order valence-corrected chi connectivity index (χ3v) is 7.25. The fraction of sp³-hybridized carbons (Fsp3) is 0.304. The predicted octanol–water partition coefficient (Wildman–Crippen LogP) is 4.23. The van der Waals surface area contributed by atoms with E-state index in [9.17, 15) is 17.6 Å². The lowest BCUT2D eigenvalue weighted by Crippen LogP contribution is -2.35. The number of carbonyl (C=O) groups excluding carboxylic acids is 1. The number of halogens is 1. The largest absolute Gasteiger partial charge is 0.441 e. The van der Waals surface area contributed by atoms with Crippen LogP contribution in [0.3, 0.4) is 0 Å². The third kappa shape index (κ3) is 5.23. The summed E-state index contributed by atoms with van der Waals surface area (Å²) in [5, 5.41) is 2.76. The zero-order valence-corrected chi connectivity index (χ0v) is 18.3. The maximum Gasteiger partial charge on any atom is 0.243 e. The number of amides is 1. The molecule has 1 fully saturated rings. The van der Waals surface area contributed by atoms with Crippen molar-refractivity contribution in [2.75, 3.05) is 18.4 Å². The van der Waals surface area contributed by atoms with E-state index in [2.05, 4.69) is 10.3 Å². The van der Waals surface area contributed by atoms with Crippen molar-refractivity contribution >= 4 is 21.6 Å². The van der Waals surface area contributed by atoms with Crippen LogP contribution in [-0.4, -0.2) is 36.7 Å². The minimum absolute atomic E-state index is 0.150. The van der Waals surface area contributed by atoms with E-state index >= 15 is 0 Å². The topological polar surface area (TPSA) is 92.5 Å². The summed E-state index contributed by atoms with van der Waals surface area (Å²) in [6.45, 7) is 1.09. The molecule has 0 saturated carbocycles. The summed E-state index contributed by atoms with van der Waals surface area (Å²) in [6, 6.07) is 12.1. The molecule has 32 heavy (non-hydrogen) atoms. The number of nitrogens with zero attached hydrogens (tertiary/aromatic N) is 2. The van der Waals surface area contributed by atoms with Gasteiger partial charge in [0.1, 0.15) is 5.82 Å². The first-order valence-electron chi connectivity index (χ1n) is 10.5. The lowest BCUT2D eigenvalue weighted by atomic mass is 10.2. The molecule has 1 aliphatic heterocycles. The maximum atomic E-state index is 13.0. The van der Waals surface area contributed by atoms with Gasteiger partial charge in [-0.1, -0.05) is 6.42 Å². The van der Waals surface area contributed by atoms with Crippen molar-refractivity contribution in [2.24, 2.45) is 0 Å². The van der Waals surface area contributed by atoms with Gasteiger partial charge in [0.05, 0.1) is 11.1 Å². The Balaban J connectivity index is 1.31. The van der Waals surface area contributed by atoms with E-state index in [1.807, 2.05) is 0 Å². The molecule has 0 atom stereocenters. The van der Waals surface area contributed by atoms with Gasteiger partial charge in [-0.05, 0) is 61.4 Å². The number of aryl methyl sites for hydroxylation is 1.